The highest BCUT2D eigenvalue weighted by Gasteiger charge is 2.33. The lowest BCUT2D eigenvalue weighted by Gasteiger charge is -2.36. The Bertz CT molecular complexity index is 1090. The number of alkyl halides is 3. The Balaban J connectivity index is 1.17. The first-order valence-electron chi connectivity index (χ1n) is 10.3. The number of anilines is 2. The molecule has 1 fully saturated rings. The molecule has 0 bridgehead atoms. The molecule has 0 unspecified atom stereocenters. The van der Waals surface area contributed by atoms with Gasteiger partial charge in [0.1, 0.15) is 17.0 Å². The first kappa shape index (κ1) is 19.9. The van der Waals surface area contributed by atoms with E-state index in [2.05, 4.69) is 37.9 Å². The fraction of sp³-hybridized carbons (Fsp3) is 0.476. The van der Waals surface area contributed by atoms with E-state index in [1.165, 1.54) is 6.07 Å². The van der Waals surface area contributed by atoms with Gasteiger partial charge in [-0.25, -0.2) is 9.97 Å². The number of halogens is 3. The molecule has 0 saturated heterocycles. The third-order valence-corrected chi connectivity index (χ3v) is 6.00. The average molecular weight is 432 g/mol. The van der Waals surface area contributed by atoms with E-state index >= 15 is 0 Å². The van der Waals surface area contributed by atoms with Gasteiger partial charge in [-0.1, -0.05) is 0 Å². The van der Waals surface area contributed by atoms with E-state index in [1.807, 2.05) is 13.1 Å². The SMILES string of the molecule is C[C@@H]1CN(C)c2nc(NC3CC(COc4ccc(C(F)(F)F)nc4)C3)nc3ccn1c23. The predicted molar refractivity (Wildman–Crippen MR) is 110 cm³/mol. The van der Waals surface area contributed by atoms with Gasteiger partial charge in [0, 0.05) is 31.9 Å². The largest absolute Gasteiger partial charge is 0.492 e. The van der Waals surface area contributed by atoms with Gasteiger partial charge in [-0.15, -0.1) is 0 Å². The molecule has 2 aliphatic rings. The van der Waals surface area contributed by atoms with Crippen LogP contribution in [0.5, 0.6) is 5.75 Å². The first-order chi connectivity index (χ1) is 14.8. The van der Waals surface area contributed by atoms with Crippen molar-refractivity contribution in [1.29, 1.82) is 0 Å². The molecule has 164 valence electrons. The Labute approximate surface area is 177 Å². The number of nitrogens with one attached hydrogen (secondary N) is 1. The number of pyridine rings is 1. The highest BCUT2D eigenvalue weighted by Crippen LogP contribution is 2.35. The summed E-state index contributed by atoms with van der Waals surface area (Å²) in [7, 11) is 2.05. The van der Waals surface area contributed by atoms with E-state index in [0.29, 0.717) is 30.3 Å². The summed E-state index contributed by atoms with van der Waals surface area (Å²) in [5.74, 6) is 2.23. The Morgan fingerprint density at radius 2 is 2.00 bits per heavy atom. The van der Waals surface area contributed by atoms with Crippen LogP contribution in [0.2, 0.25) is 0 Å². The molecular weight excluding hydrogens is 409 g/mol. The van der Waals surface area contributed by atoms with Crippen LogP contribution in [-0.2, 0) is 6.18 Å². The number of rotatable bonds is 5. The molecule has 1 atom stereocenters. The third kappa shape index (κ3) is 3.75. The molecule has 4 heterocycles. The molecule has 10 heteroatoms. The van der Waals surface area contributed by atoms with Crippen molar-refractivity contribution in [3.63, 3.8) is 0 Å². The standard InChI is InChI=1S/C21H23F3N6O/c1-12-10-29(2)19-18-16(5-6-30(12)18)27-20(28-19)26-14-7-13(8-14)11-31-15-3-4-17(25-9-15)21(22,23)24/h3-6,9,12-14H,7-8,10-11H2,1-2H3,(H,26,27,28)/t12-,13?,14?/m1/s1. The summed E-state index contributed by atoms with van der Waals surface area (Å²) in [6.45, 7) is 3.52. The lowest BCUT2D eigenvalue weighted by atomic mass is 9.81. The van der Waals surface area contributed by atoms with Gasteiger partial charge >= 0.3 is 6.18 Å². The highest BCUT2D eigenvalue weighted by molar-refractivity contribution is 5.89. The van der Waals surface area contributed by atoms with E-state index < -0.39 is 11.9 Å². The van der Waals surface area contributed by atoms with Crippen LogP contribution in [-0.4, -0.2) is 45.8 Å². The van der Waals surface area contributed by atoms with E-state index in [-0.39, 0.29) is 6.04 Å². The van der Waals surface area contributed by atoms with E-state index in [9.17, 15) is 13.2 Å². The quantitative estimate of drug-likeness (QED) is 0.654. The van der Waals surface area contributed by atoms with Crippen LogP contribution in [0.15, 0.2) is 30.6 Å². The number of nitrogens with zero attached hydrogens (tertiary/aromatic N) is 5. The maximum Gasteiger partial charge on any atom is 0.433 e. The molecule has 0 amide bonds. The maximum absolute atomic E-state index is 12.6. The van der Waals surface area contributed by atoms with Gasteiger partial charge in [-0.3, -0.25) is 0 Å². The van der Waals surface area contributed by atoms with Crippen LogP contribution in [0, 0.1) is 5.92 Å². The monoisotopic (exact) mass is 432 g/mol. The van der Waals surface area contributed by atoms with Crippen LogP contribution in [0.3, 0.4) is 0 Å². The molecule has 7 nitrogen and oxygen atoms in total. The molecule has 5 rings (SSSR count). The topological polar surface area (TPSA) is 68.1 Å². The predicted octanol–water partition coefficient (Wildman–Crippen LogP) is 4.13. The molecule has 1 aliphatic carbocycles. The molecule has 0 radical (unpaired) electrons. The summed E-state index contributed by atoms with van der Waals surface area (Å²) in [5, 5.41) is 3.41. The van der Waals surface area contributed by atoms with E-state index in [4.69, 9.17) is 9.72 Å². The minimum atomic E-state index is -4.44. The van der Waals surface area contributed by atoms with Crippen LogP contribution in [0.1, 0.15) is 31.5 Å². The van der Waals surface area contributed by atoms with Crippen molar-refractivity contribution in [2.75, 3.05) is 30.4 Å². The number of likely N-dealkylation sites (N-methyl/N-ethyl adjacent to an activating group) is 1. The van der Waals surface area contributed by atoms with Gasteiger partial charge in [-0.05, 0) is 43.9 Å². The van der Waals surface area contributed by atoms with Crippen molar-refractivity contribution in [3.8, 4) is 5.75 Å². The number of aromatic nitrogens is 4. The van der Waals surface area contributed by atoms with Gasteiger partial charge in [-0.2, -0.15) is 18.2 Å². The minimum Gasteiger partial charge on any atom is -0.492 e. The average Bonchev–Trinajstić information content (AvgIpc) is 3.12. The van der Waals surface area contributed by atoms with Gasteiger partial charge < -0.3 is 19.5 Å². The molecule has 1 aliphatic heterocycles. The molecule has 31 heavy (non-hydrogen) atoms. The summed E-state index contributed by atoms with van der Waals surface area (Å²) in [5.41, 5.74) is 1.08. The Morgan fingerprint density at radius 1 is 1.19 bits per heavy atom. The lowest BCUT2D eigenvalue weighted by Crippen LogP contribution is -2.39. The zero-order valence-electron chi connectivity index (χ0n) is 17.2. The van der Waals surface area contributed by atoms with Gasteiger partial charge in [0.25, 0.3) is 0 Å². The molecule has 3 aromatic rings. The Morgan fingerprint density at radius 3 is 2.71 bits per heavy atom. The molecule has 0 aromatic carbocycles. The van der Waals surface area contributed by atoms with Crippen LogP contribution >= 0.6 is 0 Å². The zero-order chi connectivity index (χ0) is 21.8. The smallest absolute Gasteiger partial charge is 0.433 e. The maximum atomic E-state index is 12.6. The summed E-state index contributed by atoms with van der Waals surface area (Å²) in [6, 6.07) is 4.90. The van der Waals surface area contributed by atoms with Crippen molar-refractivity contribution in [3.05, 3.63) is 36.3 Å². The lowest BCUT2D eigenvalue weighted by molar-refractivity contribution is -0.141. The normalized spacial score (nSPS) is 23.0. The fourth-order valence-corrected chi connectivity index (χ4v) is 4.34. The number of hydrogen-bond donors (Lipinski definition) is 1. The number of hydrogen-bond acceptors (Lipinski definition) is 6. The molecular formula is C21H23F3N6O. The molecule has 1 N–H and O–H groups in total. The van der Waals surface area contributed by atoms with Crippen LogP contribution in [0.25, 0.3) is 11.0 Å². The highest BCUT2D eigenvalue weighted by atomic mass is 19.4. The second-order valence-corrected chi connectivity index (χ2v) is 8.42. The summed E-state index contributed by atoms with van der Waals surface area (Å²) in [4.78, 5) is 15.0. The fourth-order valence-electron chi connectivity index (χ4n) is 4.34. The van der Waals surface area contributed by atoms with Gasteiger partial charge in [0.15, 0.2) is 5.82 Å². The second-order valence-electron chi connectivity index (χ2n) is 8.42. The van der Waals surface area contributed by atoms with Crippen LogP contribution in [0.4, 0.5) is 24.9 Å². The number of ether oxygens (including phenoxy) is 1. The van der Waals surface area contributed by atoms with Crippen molar-refractivity contribution in [1.82, 2.24) is 19.5 Å². The Hall–Kier alpha value is -3.04. The Kier molecular flexibility index (Phi) is 4.67. The summed E-state index contributed by atoms with van der Waals surface area (Å²) < 4.78 is 45.5. The van der Waals surface area contributed by atoms with E-state index in [1.54, 1.807) is 0 Å². The van der Waals surface area contributed by atoms with E-state index in [0.717, 1.165) is 48.5 Å². The summed E-state index contributed by atoms with van der Waals surface area (Å²) >= 11 is 0. The zero-order valence-corrected chi connectivity index (χ0v) is 17.2. The van der Waals surface area contributed by atoms with Crippen molar-refractivity contribution in [2.45, 2.75) is 38.0 Å². The van der Waals surface area contributed by atoms with Crippen molar-refractivity contribution < 1.29 is 17.9 Å². The molecule has 0 spiro atoms. The molecule has 3 aromatic heterocycles. The summed E-state index contributed by atoms with van der Waals surface area (Å²) in [6.07, 6.45) is 0.522. The van der Waals surface area contributed by atoms with Crippen molar-refractivity contribution in [2.24, 2.45) is 5.92 Å². The second kappa shape index (κ2) is 7.28. The third-order valence-electron chi connectivity index (χ3n) is 6.00. The minimum absolute atomic E-state index is 0.249. The van der Waals surface area contributed by atoms with Gasteiger partial charge in [0.2, 0.25) is 5.95 Å². The first-order valence-corrected chi connectivity index (χ1v) is 10.3. The van der Waals surface area contributed by atoms with Crippen LogP contribution < -0.4 is 15.0 Å². The molecule has 1 saturated carbocycles. The van der Waals surface area contributed by atoms with Gasteiger partial charge in [0.05, 0.1) is 18.3 Å². The van der Waals surface area contributed by atoms with Crippen molar-refractivity contribution >= 4 is 22.8 Å².